The summed E-state index contributed by atoms with van der Waals surface area (Å²) in [5.74, 6) is 1.84. The molecule has 2 fully saturated rings. The van der Waals surface area contributed by atoms with Gasteiger partial charge in [-0.25, -0.2) is 15.0 Å². The number of aryl methyl sites for hydroxylation is 1. The van der Waals surface area contributed by atoms with Gasteiger partial charge in [-0.15, -0.1) is 11.3 Å². The smallest absolute Gasteiger partial charge is 0.371 e. The summed E-state index contributed by atoms with van der Waals surface area (Å²) in [5.41, 5.74) is 1.52. The lowest BCUT2D eigenvalue weighted by Crippen LogP contribution is -2.42. The van der Waals surface area contributed by atoms with Crippen molar-refractivity contribution in [3.05, 3.63) is 47.4 Å². The molecule has 2 unspecified atom stereocenters. The summed E-state index contributed by atoms with van der Waals surface area (Å²) in [7, 11) is 0. The molecule has 2 aliphatic rings. The molecule has 3 heterocycles. The molecular formula is C24H26F3N5S. The fraction of sp³-hybridized carbons (Fsp3) is 0.458. The lowest BCUT2D eigenvalue weighted by molar-refractivity contribution is -0.137. The van der Waals surface area contributed by atoms with Crippen LogP contribution in [0.2, 0.25) is 0 Å². The Morgan fingerprint density at radius 2 is 1.82 bits per heavy atom. The molecule has 33 heavy (non-hydrogen) atoms. The van der Waals surface area contributed by atoms with E-state index in [-0.39, 0.29) is 5.69 Å². The standard InChI is InChI=1S/C24H26F3N5S/c1-15-28-11-18(12-29-15)21-14-33-23(31-21)30-19-6-7-22(20(10-19)24(25,26)27)32-9-8-16-4-2-3-5-17(16)13-32/h6-7,10-12,14,16-17H,2-5,8-9,13H2,1H3,(H,30,31). The highest BCUT2D eigenvalue weighted by atomic mass is 32.1. The molecule has 1 aliphatic carbocycles. The lowest BCUT2D eigenvalue weighted by atomic mass is 9.75. The Balaban J connectivity index is 1.37. The van der Waals surface area contributed by atoms with Gasteiger partial charge in [-0.3, -0.25) is 0 Å². The quantitative estimate of drug-likeness (QED) is 0.458. The zero-order chi connectivity index (χ0) is 23.0. The molecule has 1 saturated heterocycles. The molecule has 2 atom stereocenters. The van der Waals surface area contributed by atoms with E-state index in [2.05, 4.69) is 20.3 Å². The topological polar surface area (TPSA) is 53.9 Å². The fourth-order valence-corrected chi connectivity index (χ4v) is 5.79. The van der Waals surface area contributed by atoms with Gasteiger partial charge in [0.25, 0.3) is 0 Å². The molecule has 5 rings (SSSR count). The van der Waals surface area contributed by atoms with Crippen LogP contribution in [0.3, 0.4) is 0 Å². The van der Waals surface area contributed by atoms with Crippen LogP contribution >= 0.6 is 11.3 Å². The maximum absolute atomic E-state index is 14.0. The number of nitrogens with one attached hydrogen (secondary N) is 1. The van der Waals surface area contributed by atoms with Crippen LogP contribution in [0.15, 0.2) is 36.0 Å². The highest BCUT2D eigenvalue weighted by Gasteiger charge is 2.38. The summed E-state index contributed by atoms with van der Waals surface area (Å²) in [5, 5.41) is 5.40. The van der Waals surface area contributed by atoms with Crippen molar-refractivity contribution >= 4 is 27.8 Å². The number of aromatic nitrogens is 3. The fourth-order valence-electron chi connectivity index (χ4n) is 5.05. The average Bonchev–Trinajstić information content (AvgIpc) is 3.27. The number of piperidine rings is 1. The van der Waals surface area contributed by atoms with Crippen molar-refractivity contribution in [3.8, 4) is 11.3 Å². The third-order valence-electron chi connectivity index (χ3n) is 6.77. The minimum atomic E-state index is -4.43. The summed E-state index contributed by atoms with van der Waals surface area (Å²) < 4.78 is 42.1. The van der Waals surface area contributed by atoms with Crippen molar-refractivity contribution in [2.75, 3.05) is 23.3 Å². The van der Waals surface area contributed by atoms with E-state index in [0.29, 0.717) is 40.7 Å². The number of rotatable bonds is 4. The number of hydrogen-bond donors (Lipinski definition) is 1. The molecule has 1 N–H and O–H groups in total. The van der Waals surface area contributed by atoms with Crippen LogP contribution in [0.25, 0.3) is 11.3 Å². The molecule has 2 aromatic heterocycles. The Hall–Kier alpha value is -2.68. The third-order valence-corrected chi connectivity index (χ3v) is 7.52. The van der Waals surface area contributed by atoms with E-state index in [1.807, 2.05) is 10.3 Å². The van der Waals surface area contributed by atoms with Crippen molar-refractivity contribution in [3.63, 3.8) is 0 Å². The predicted octanol–water partition coefficient (Wildman–Crippen LogP) is 6.69. The monoisotopic (exact) mass is 473 g/mol. The summed E-state index contributed by atoms with van der Waals surface area (Å²) in [6.07, 6.45) is 4.72. The summed E-state index contributed by atoms with van der Waals surface area (Å²) in [6, 6.07) is 4.53. The molecule has 1 aliphatic heterocycles. The normalized spacial score (nSPS) is 21.0. The number of anilines is 3. The molecule has 0 radical (unpaired) electrons. The molecule has 9 heteroatoms. The SMILES string of the molecule is Cc1ncc(-c2csc(Nc3ccc(N4CCC5CCCCC5C4)c(C(F)(F)F)c3)n2)cn1. The second kappa shape index (κ2) is 8.93. The van der Waals surface area contributed by atoms with Gasteiger partial charge in [0, 0.05) is 47.8 Å². The Morgan fingerprint density at radius 1 is 1.06 bits per heavy atom. The molecule has 0 amide bonds. The van der Waals surface area contributed by atoms with Crippen molar-refractivity contribution in [2.45, 2.75) is 45.2 Å². The van der Waals surface area contributed by atoms with Crippen molar-refractivity contribution in [1.82, 2.24) is 15.0 Å². The zero-order valence-electron chi connectivity index (χ0n) is 18.4. The summed E-state index contributed by atoms with van der Waals surface area (Å²) in [6.45, 7) is 3.21. The molecule has 174 valence electrons. The molecule has 0 bridgehead atoms. The second-order valence-corrected chi connectivity index (χ2v) is 9.81. The van der Waals surface area contributed by atoms with Gasteiger partial charge in [0.1, 0.15) is 5.82 Å². The summed E-state index contributed by atoms with van der Waals surface area (Å²) >= 11 is 1.33. The number of hydrogen-bond acceptors (Lipinski definition) is 6. The highest BCUT2D eigenvalue weighted by Crippen LogP contribution is 2.43. The Labute approximate surface area is 195 Å². The van der Waals surface area contributed by atoms with E-state index in [4.69, 9.17) is 0 Å². The highest BCUT2D eigenvalue weighted by molar-refractivity contribution is 7.14. The van der Waals surface area contributed by atoms with Gasteiger partial charge < -0.3 is 10.2 Å². The number of halogens is 3. The van der Waals surface area contributed by atoms with Crippen LogP contribution in [0.5, 0.6) is 0 Å². The first-order valence-electron chi connectivity index (χ1n) is 11.3. The van der Waals surface area contributed by atoms with Crippen LogP contribution in [0.1, 0.15) is 43.5 Å². The van der Waals surface area contributed by atoms with Gasteiger partial charge in [0.15, 0.2) is 5.13 Å². The second-order valence-electron chi connectivity index (χ2n) is 8.95. The van der Waals surface area contributed by atoms with E-state index in [9.17, 15) is 13.2 Å². The van der Waals surface area contributed by atoms with Gasteiger partial charge in [0.2, 0.25) is 0 Å². The van der Waals surface area contributed by atoms with Gasteiger partial charge in [-0.05, 0) is 49.8 Å². The molecule has 1 saturated carbocycles. The number of fused-ring (bicyclic) bond motifs is 1. The molecule has 5 nitrogen and oxygen atoms in total. The minimum absolute atomic E-state index is 0.286. The largest absolute Gasteiger partial charge is 0.418 e. The van der Waals surface area contributed by atoms with E-state index in [1.165, 1.54) is 36.7 Å². The van der Waals surface area contributed by atoms with E-state index < -0.39 is 11.7 Å². The van der Waals surface area contributed by atoms with Crippen molar-refractivity contribution < 1.29 is 13.2 Å². The lowest BCUT2D eigenvalue weighted by Gasteiger charge is -2.43. The van der Waals surface area contributed by atoms with Crippen LogP contribution in [-0.2, 0) is 6.18 Å². The van der Waals surface area contributed by atoms with Crippen LogP contribution < -0.4 is 10.2 Å². The van der Waals surface area contributed by atoms with Crippen LogP contribution in [-0.4, -0.2) is 28.0 Å². The average molecular weight is 474 g/mol. The first-order valence-corrected chi connectivity index (χ1v) is 12.2. The molecule has 0 spiro atoms. The summed E-state index contributed by atoms with van der Waals surface area (Å²) in [4.78, 5) is 14.8. The Bertz CT molecular complexity index is 1110. The first-order chi connectivity index (χ1) is 15.9. The Kier molecular flexibility index (Phi) is 5.99. The minimum Gasteiger partial charge on any atom is -0.371 e. The van der Waals surface area contributed by atoms with Gasteiger partial charge >= 0.3 is 6.18 Å². The first kappa shape index (κ1) is 22.1. The van der Waals surface area contributed by atoms with E-state index in [0.717, 1.165) is 24.9 Å². The number of thiazole rings is 1. The molecular weight excluding hydrogens is 447 g/mol. The predicted molar refractivity (Wildman–Crippen MR) is 125 cm³/mol. The zero-order valence-corrected chi connectivity index (χ0v) is 19.2. The van der Waals surface area contributed by atoms with Gasteiger partial charge in [-0.2, -0.15) is 13.2 Å². The van der Waals surface area contributed by atoms with E-state index in [1.54, 1.807) is 31.5 Å². The molecule has 1 aromatic carbocycles. The molecule has 3 aromatic rings. The third kappa shape index (κ3) is 4.83. The maximum atomic E-state index is 14.0. The van der Waals surface area contributed by atoms with Crippen LogP contribution in [0, 0.1) is 18.8 Å². The van der Waals surface area contributed by atoms with Crippen LogP contribution in [0.4, 0.5) is 29.7 Å². The van der Waals surface area contributed by atoms with Gasteiger partial charge in [0.05, 0.1) is 11.3 Å². The number of alkyl halides is 3. The van der Waals surface area contributed by atoms with Gasteiger partial charge in [-0.1, -0.05) is 19.3 Å². The van der Waals surface area contributed by atoms with Crippen molar-refractivity contribution in [1.29, 1.82) is 0 Å². The van der Waals surface area contributed by atoms with Crippen molar-refractivity contribution in [2.24, 2.45) is 11.8 Å². The Morgan fingerprint density at radius 3 is 2.58 bits per heavy atom. The number of benzene rings is 1. The number of nitrogens with zero attached hydrogens (tertiary/aromatic N) is 4. The maximum Gasteiger partial charge on any atom is 0.418 e. The van der Waals surface area contributed by atoms with E-state index >= 15 is 0 Å².